The predicted molar refractivity (Wildman–Crippen MR) is 97.6 cm³/mol. The van der Waals surface area contributed by atoms with Crippen molar-refractivity contribution in [2.75, 3.05) is 26.7 Å². The van der Waals surface area contributed by atoms with Crippen LogP contribution in [0.25, 0.3) is 0 Å². The average Bonchev–Trinajstić information content (AvgIpc) is 2.61. The quantitative estimate of drug-likeness (QED) is 0.855. The summed E-state index contributed by atoms with van der Waals surface area (Å²) in [6.45, 7) is 7.62. The molecule has 2 aliphatic carbocycles. The molecule has 1 N–H and O–H groups in total. The lowest BCUT2D eigenvalue weighted by Gasteiger charge is -2.47. The standard InChI is InChI=1S/C20H36N2O2/c1-15-13-18(9-10-19(15)24-3)21-11-12-22(16(2)14-21)20(23)17-7-5-4-6-8-17/h13,15-17,19-20,23H,4-12,14H2,1-3H3/t15?,16-,19?,20?/m1/s1. The van der Waals surface area contributed by atoms with Crippen LogP contribution in [0, 0.1) is 11.8 Å². The summed E-state index contributed by atoms with van der Waals surface area (Å²) in [4.78, 5) is 4.91. The Morgan fingerprint density at radius 3 is 2.50 bits per heavy atom. The van der Waals surface area contributed by atoms with Gasteiger partial charge in [0.1, 0.15) is 6.23 Å². The Kier molecular flexibility index (Phi) is 6.22. The summed E-state index contributed by atoms with van der Waals surface area (Å²) in [5, 5.41) is 10.9. The summed E-state index contributed by atoms with van der Waals surface area (Å²) in [7, 11) is 1.83. The van der Waals surface area contributed by atoms with E-state index in [9.17, 15) is 5.11 Å². The van der Waals surface area contributed by atoms with Crippen LogP contribution in [0.15, 0.2) is 11.8 Å². The first-order valence-electron chi connectivity index (χ1n) is 10.0. The van der Waals surface area contributed by atoms with Crippen molar-refractivity contribution in [3.8, 4) is 0 Å². The number of hydrogen-bond acceptors (Lipinski definition) is 4. The maximum Gasteiger partial charge on any atom is 0.110 e. The molecule has 1 saturated carbocycles. The van der Waals surface area contributed by atoms with Crippen molar-refractivity contribution >= 4 is 0 Å². The third kappa shape index (κ3) is 3.97. The number of methoxy groups -OCH3 is 1. The minimum absolute atomic E-state index is 0.236. The van der Waals surface area contributed by atoms with E-state index in [1.807, 2.05) is 7.11 Å². The molecule has 4 heteroatoms. The number of hydrogen-bond donors (Lipinski definition) is 1. The highest BCUT2D eigenvalue weighted by Gasteiger charge is 2.34. The molecule has 0 aromatic carbocycles. The molecule has 3 aliphatic rings. The summed E-state index contributed by atoms with van der Waals surface area (Å²) in [5.41, 5.74) is 1.49. The van der Waals surface area contributed by atoms with Gasteiger partial charge in [0, 0.05) is 44.4 Å². The van der Waals surface area contributed by atoms with Crippen molar-refractivity contribution < 1.29 is 9.84 Å². The summed E-state index contributed by atoms with van der Waals surface area (Å²) < 4.78 is 5.57. The number of allylic oxidation sites excluding steroid dienone is 1. The molecule has 0 bridgehead atoms. The van der Waals surface area contributed by atoms with Gasteiger partial charge in [-0.25, -0.2) is 0 Å². The van der Waals surface area contributed by atoms with Crippen LogP contribution in [0.4, 0.5) is 0 Å². The lowest BCUT2D eigenvalue weighted by atomic mass is 9.87. The molecule has 4 atom stereocenters. The molecule has 1 saturated heterocycles. The van der Waals surface area contributed by atoms with Crippen molar-refractivity contribution in [1.29, 1.82) is 0 Å². The van der Waals surface area contributed by atoms with Crippen molar-refractivity contribution in [1.82, 2.24) is 9.80 Å². The lowest BCUT2D eigenvalue weighted by Crippen LogP contribution is -2.57. The van der Waals surface area contributed by atoms with Crippen LogP contribution in [0.2, 0.25) is 0 Å². The first-order chi connectivity index (χ1) is 11.6. The minimum Gasteiger partial charge on any atom is -0.381 e. The fourth-order valence-corrected chi connectivity index (χ4v) is 4.97. The van der Waals surface area contributed by atoms with Gasteiger partial charge in [0.25, 0.3) is 0 Å². The molecule has 2 fully saturated rings. The number of aliphatic hydroxyl groups excluding tert-OH is 1. The molecule has 0 aromatic heterocycles. The Morgan fingerprint density at radius 1 is 1.12 bits per heavy atom. The van der Waals surface area contributed by atoms with E-state index >= 15 is 0 Å². The molecule has 24 heavy (non-hydrogen) atoms. The van der Waals surface area contributed by atoms with Gasteiger partial charge in [-0.05, 0) is 38.5 Å². The van der Waals surface area contributed by atoms with E-state index in [1.54, 1.807) is 0 Å². The topological polar surface area (TPSA) is 35.9 Å². The Morgan fingerprint density at radius 2 is 1.88 bits per heavy atom. The Labute approximate surface area is 147 Å². The van der Waals surface area contributed by atoms with E-state index in [4.69, 9.17) is 4.74 Å². The van der Waals surface area contributed by atoms with Crippen molar-refractivity contribution in [3.63, 3.8) is 0 Å². The first kappa shape index (κ1) is 18.2. The second kappa shape index (κ2) is 8.20. The van der Waals surface area contributed by atoms with Gasteiger partial charge in [-0.15, -0.1) is 0 Å². The Balaban J connectivity index is 1.57. The SMILES string of the molecule is COC1CCC(N2CCN(C(O)C3CCCCC3)[C@H](C)C2)=CC1C. The highest BCUT2D eigenvalue weighted by Crippen LogP contribution is 2.32. The van der Waals surface area contributed by atoms with Gasteiger partial charge in [0.2, 0.25) is 0 Å². The molecule has 1 heterocycles. The monoisotopic (exact) mass is 336 g/mol. The number of ether oxygens (including phenoxy) is 1. The van der Waals surface area contributed by atoms with Crippen LogP contribution in [-0.2, 0) is 4.74 Å². The smallest absolute Gasteiger partial charge is 0.110 e. The molecule has 1 aliphatic heterocycles. The maximum absolute atomic E-state index is 10.9. The molecule has 4 nitrogen and oxygen atoms in total. The van der Waals surface area contributed by atoms with Crippen LogP contribution < -0.4 is 0 Å². The maximum atomic E-state index is 10.9. The molecule has 0 radical (unpaired) electrons. The molecule has 0 amide bonds. The molecule has 3 unspecified atom stereocenters. The van der Waals surface area contributed by atoms with E-state index in [0.717, 1.165) is 32.5 Å². The molecular formula is C20H36N2O2. The van der Waals surface area contributed by atoms with Crippen LogP contribution in [-0.4, -0.2) is 60.0 Å². The highest BCUT2D eigenvalue weighted by atomic mass is 16.5. The second-order valence-electron chi connectivity index (χ2n) is 8.17. The van der Waals surface area contributed by atoms with Gasteiger partial charge < -0.3 is 14.7 Å². The van der Waals surface area contributed by atoms with Crippen molar-refractivity contribution in [2.24, 2.45) is 11.8 Å². The third-order valence-corrected chi connectivity index (χ3v) is 6.53. The Bertz CT molecular complexity index is 433. The first-order valence-corrected chi connectivity index (χ1v) is 10.0. The fraction of sp³-hybridized carbons (Fsp3) is 0.900. The summed E-state index contributed by atoms with van der Waals surface area (Å²) in [6.07, 6.45) is 11.1. The largest absolute Gasteiger partial charge is 0.381 e. The van der Waals surface area contributed by atoms with Crippen LogP contribution in [0.3, 0.4) is 0 Å². The van der Waals surface area contributed by atoms with E-state index in [1.165, 1.54) is 37.8 Å². The molecule has 138 valence electrons. The lowest BCUT2D eigenvalue weighted by molar-refractivity contribution is -0.0897. The third-order valence-electron chi connectivity index (χ3n) is 6.53. The Hall–Kier alpha value is -0.580. The highest BCUT2D eigenvalue weighted by molar-refractivity contribution is 5.10. The van der Waals surface area contributed by atoms with Gasteiger partial charge in [-0.2, -0.15) is 0 Å². The average molecular weight is 337 g/mol. The van der Waals surface area contributed by atoms with Gasteiger partial charge in [0.15, 0.2) is 0 Å². The van der Waals surface area contributed by atoms with Crippen molar-refractivity contribution in [2.45, 2.75) is 77.2 Å². The second-order valence-corrected chi connectivity index (χ2v) is 8.17. The summed E-state index contributed by atoms with van der Waals surface area (Å²) in [5.74, 6) is 0.990. The minimum atomic E-state index is -0.236. The van der Waals surface area contributed by atoms with Gasteiger partial charge >= 0.3 is 0 Å². The molecule has 3 rings (SSSR count). The molecular weight excluding hydrogens is 300 g/mol. The van der Waals surface area contributed by atoms with Gasteiger partial charge in [-0.1, -0.05) is 32.3 Å². The number of rotatable bonds is 4. The zero-order chi connectivity index (χ0) is 17.1. The van der Waals surface area contributed by atoms with E-state index in [2.05, 4.69) is 29.7 Å². The van der Waals surface area contributed by atoms with Crippen LogP contribution >= 0.6 is 0 Å². The number of nitrogens with zero attached hydrogens (tertiary/aromatic N) is 2. The zero-order valence-corrected chi connectivity index (χ0v) is 15.8. The molecule has 0 aromatic rings. The van der Waals surface area contributed by atoms with E-state index in [0.29, 0.717) is 24.0 Å². The molecule has 0 spiro atoms. The van der Waals surface area contributed by atoms with Crippen molar-refractivity contribution in [3.05, 3.63) is 11.8 Å². The number of piperazine rings is 1. The van der Waals surface area contributed by atoms with E-state index < -0.39 is 0 Å². The van der Waals surface area contributed by atoms with Crippen LogP contribution in [0.5, 0.6) is 0 Å². The van der Waals surface area contributed by atoms with E-state index in [-0.39, 0.29) is 6.23 Å². The zero-order valence-electron chi connectivity index (χ0n) is 15.8. The predicted octanol–water partition coefficient (Wildman–Crippen LogP) is 3.22. The van der Waals surface area contributed by atoms with Gasteiger partial charge in [-0.3, -0.25) is 4.90 Å². The van der Waals surface area contributed by atoms with Crippen LogP contribution in [0.1, 0.15) is 58.8 Å². The normalized spacial score (nSPS) is 34.9. The summed E-state index contributed by atoms with van der Waals surface area (Å²) in [6, 6.07) is 0.423. The summed E-state index contributed by atoms with van der Waals surface area (Å²) >= 11 is 0. The fourth-order valence-electron chi connectivity index (χ4n) is 4.97. The van der Waals surface area contributed by atoms with Gasteiger partial charge in [0.05, 0.1) is 6.10 Å². The number of aliphatic hydroxyl groups is 1.